The SMILES string of the molecule is O=C(CNC(=O)c1cnn(-c2cccc(C(F)(F)F)c2)c1C(F)(F)F)OCC1CC1. The van der Waals surface area contributed by atoms with Crippen LogP contribution in [-0.2, 0) is 21.9 Å². The molecule has 0 radical (unpaired) electrons. The van der Waals surface area contributed by atoms with Crippen molar-refractivity contribution in [3.63, 3.8) is 0 Å². The molecule has 0 atom stereocenters. The molecular formula is C18H15F6N3O3. The number of nitrogens with zero attached hydrogens (tertiary/aromatic N) is 2. The van der Waals surface area contributed by atoms with Gasteiger partial charge in [0.2, 0.25) is 0 Å². The molecule has 1 aromatic carbocycles. The monoisotopic (exact) mass is 435 g/mol. The summed E-state index contributed by atoms with van der Waals surface area (Å²) in [5.41, 5.74) is -4.20. The van der Waals surface area contributed by atoms with Crippen LogP contribution in [0.3, 0.4) is 0 Å². The van der Waals surface area contributed by atoms with Crippen LogP contribution in [0.1, 0.15) is 34.5 Å². The molecule has 12 heteroatoms. The Morgan fingerprint density at radius 1 is 1.13 bits per heavy atom. The van der Waals surface area contributed by atoms with E-state index >= 15 is 0 Å². The Labute approximate surface area is 165 Å². The van der Waals surface area contributed by atoms with E-state index in [1.165, 1.54) is 0 Å². The van der Waals surface area contributed by atoms with Gasteiger partial charge in [-0.3, -0.25) is 9.59 Å². The van der Waals surface area contributed by atoms with Crippen molar-refractivity contribution in [2.45, 2.75) is 25.2 Å². The number of benzene rings is 1. The Morgan fingerprint density at radius 2 is 1.83 bits per heavy atom. The molecule has 0 unspecified atom stereocenters. The number of carbonyl (C=O) groups excluding carboxylic acids is 2. The maximum atomic E-state index is 13.6. The fourth-order valence-electron chi connectivity index (χ4n) is 2.59. The van der Waals surface area contributed by atoms with E-state index in [1.54, 1.807) is 0 Å². The first-order valence-corrected chi connectivity index (χ1v) is 8.73. The molecule has 0 saturated heterocycles. The second kappa shape index (κ2) is 8.00. The Bertz CT molecular complexity index is 947. The van der Waals surface area contributed by atoms with Crippen LogP contribution in [0.15, 0.2) is 30.5 Å². The molecule has 1 aromatic heterocycles. The molecule has 1 N–H and O–H groups in total. The van der Waals surface area contributed by atoms with Crippen molar-refractivity contribution in [2.24, 2.45) is 5.92 Å². The van der Waals surface area contributed by atoms with Crippen LogP contribution in [0.2, 0.25) is 0 Å². The van der Waals surface area contributed by atoms with Crippen molar-refractivity contribution in [1.29, 1.82) is 0 Å². The standard InChI is InChI=1S/C18H15F6N3O3/c19-17(20,21)11-2-1-3-12(6-11)27-15(18(22,23)24)13(7-26-27)16(29)25-8-14(28)30-9-10-4-5-10/h1-3,6-7,10H,4-5,8-9H2,(H,25,29). The summed E-state index contributed by atoms with van der Waals surface area (Å²) in [5.74, 6) is -1.80. The lowest BCUT2D eigenvalue weighted by atomic mass is 10.1. The van der Waals surface area contributed by atoms with Gasteiger partial charge < -0.3 is 10.1 Å². The predicted octanol–water partition coefficient (Wildman–Crippen LogP) is 3.59. The van der Waals surface area contributed by atoms with Crippen LogP contribution < -0.4 is 5.32 Å². The van der Waals surface area contributed by atoms with Gasteiger partial charge >= 0.3 is 18.3 Å². The Hall–Kier alpha value is -3.05. The molecule has 1 heterocycles. The van der Waals surface area contributed by atoms with Crippen LogP contribution in [0.4, 0.5) is 26.3 Å². The summed E-state index contributed by atoms with van der Waals surface area (Å²) < 4.78 is 84.5. The molecule has 1 amide bonds. The minimum atomic E-state index is -5.11. The Balaban J connectivity index is 1.83. The zero-order chi connectivity index (χ0) is 22.1. The molecule has 3 rings (SSSR count). The highest BCUT2D eigenvalue weighted by Gasteiger charge is 2.41. The largest absolute Gasteiger partial charge is 0.464 e. The summed E-state index contributed by atoms with van der Waals surface area (Å²) in [5, 5.41) is 5.45. The van der Waals surface area contributed by atoms with Gasteiger partial charge in [0, 0.05) is 0 Å². The first-order valence-electron chi connectivity index (χ1n) is 8.73. The van der Waals surface area contributed by atoms with Crippen molar-refractivity contribution >= 4 is 11.9 Å². The van der Waals surface area contributed by atoms with E-state index in [0.717, 1.165) is 25.0 Å². The van der Waals surface area contributed by atoms with E-state index in [1.807, 2.05) is 5.32 Å². The number of ether oxygens (including phenoxy) is 1. The quantitative estimate of drug-likeness (QED) is 0.556. The Kier molecular flexibility index (Phi) is 5.77. The molecule has 0 aliphatic heterocycles. The van der Waals surface area contributed by atoms with E-state index in [-0.39, 0.29) is 17.2 Å². The third-order valence-corrected chi connectivity index (χ3v) is 4.27. The molecule has 2 aromatic rings. The zero-order valence-electron chi connectivity index (χ0n) is 15.2. The molecule has 0 spiro atoms. The third kappa shape index (κ3) is 5.10. The summed E-state index contributed by atoms with van der Waals surface area (Å²) in [6.45, 7) is -0.479. The minimum absolute atomic E-state index is 0.177. The molecule has 30 heavy (non-hydrogen) atoms. The fraction of sp³-hybridized carbons (Fsp3) is 0.389. The van der Waals surface area contributed by atoms with E-state index in [0.29, 0.717) is 18.3 Å². The van der Waals surface area contributed by atoms with Crippen molar-refractivity contribution in [3.8, 4) is 5.69 Å². The molecular weight excluding hydrogens is 420 g/mol. The van der Waals surface area contributed by atoms with Crippen LogP contribution in [0.25, 0.3) is 5.69 Å². The maximum absolute atomic E-state index is 13.6. The summed E-state index contributed by atoms with van der Waals surface area (Å²) >= 11 is 0. The van der Waals surface area contributed by atoms with Gasteiger partial charge in [-0.2, -0.15) is 31.4 Å². The lowest BCUT2D eigenvalue weighted by Crippen LogP contribution is -2.32. The zero-order valence-corrected chi connectivity index (χ0v) is 15.2. The van der Waals surface area contributed by atoms with E-state index < -0.39 is 53.3 Å². The average molecular weight is 435 g/mol. The molecule has 1 saturated carbocycles. The van der Waals surface area contributed by atoms with E-state index in [9.17, 15) is 35.9 Å². The van der Waals surface area contributed by atoms with Gasteiger partial charge in [0.25, 0.3) is 5.91 Å². The number of alkyl halides is 6. The van der Waals surface area contributed by atoms with Gasteiger partial charge in [0.1, 0.15) is 6.54 Å². The van der Waals surface area contributed by atoms with Gasteiger partial charge in [-0.15, -0.1) is 0 Å². The van der Waals surface area contributed by atoms with Gasteiger partial charge in [-0.1, -0.05) is 6.07 Å². The lowest BCUT2D eigenvalue weighted by Gasteiger charge is -2.14. The molecule has 1 aliphatic rings. The number of aromatic nitrogens is 2. The highest BCUT2D eigenvalue weighted by molar-refractivity contribution is 5.97. The number of halogens is 6. The molecule has 162 valence electrons. The van der Waals surface area contributed by atoms with Gasteiger partial charge in [0.15, 0.2) is 5.69 Å². The van der Waals surface area contributed by atoms with Crippen LogP contribution >= 0.6 is 0 Å². The number of esters is 1. The second-order valence-corrected chi connectivity index (χ2v) is 6.67. The first-order chi connectivity index (χ1) is 14.0. The third-order valence-electron chi connectivity index (χ3n) is 4.27. The minimum Gasteiger partial charge on any atom is -0.464 e. The van der Waals surface area contributed by atoms with E-state index in [4.69, 9.17) is 4.74 Å². The second-order valence-electron chi connectivity index (χ2n) is 6.67. The lowest BCUT2D eigenvalue weighted by molar-refractivity contribution is -0.143. The van der Waals surface area contributed by atoms with Crippen LogP contribution in [0, 0.1) is 5.92 Å². The Morgan fingerprint density at radius 3 is 2.43 bits per heavy atom. The van der Waals surface area contributed by atoms with Crippen molar-refractivity contribution in [3.05, 3.63) is 47.3 Å². The number of carbonyl (C=O) groups is 2. The molecule has 6 nitrogen and oxygen atoms in total. The first kappa shape index (κ1) is 21.7. The number of hydrogen-bond donors (Lipinski definition) is 1. The normalized spacial score (nSPS) is 14.5. The summed E-state index contributed by atoms with van der Waals surface area (Å²) in [4.78, 5) is 23.8. The smallest absolute Gasteiger partial charge is 0.434 e. The van der Waals surface area contributed by atoms with Gasteiger partial charge in [-0.25, -0.2) is 4.68 Å². The fourth-order valence-corrected chi connectivity index (χ4v) is 2.59. The van der Waals surface area contributed by atoms with Crippen molar-refractivity contribution in [1.82, 2.24) is 15.1 Å². The topological polar surface area (TPSA) is 73.2 Å². The molecule has 1 aliphatic carbocycles. The van der Waals surface area contributed by atoms with Crippen LogP contribution in [-0.4, -0.2) is 34.8 Å². The maximum Gasteiger partial charge on any atom is 0.434 e. The summed E-state index contributed by atoms with van der Waals surface area (Å²) in [7, 11) is 0. The number of rotatable bonds is 6. The highest BCUT2D eigenvalue weighted by atomic mass is 19.4. The summed E-state index contributed by atoms with van der Waals surface area (Å²) in [6, 6.07) is 3.10. The van der Waals surface area contributed by atoms with Gasteiger partial charge in [0.05, 0.1) is 29.6 Å². The average Bonchev–Trinajstić information content (AvgIpc) is 3.37. The molecule has 0 bridgehead atoms. The predicted molar refractivity (Wildman–Crippen MR) is 89.6 cm³/mol. The number of hydrogen-bond acceptors (Lipinski definition) is 4. The number of amides is 1. The van der Waals surface area contributed by atoms with Crippen molar-refractivity contribution in [2.75, 3.05) is 13.2 Å². The van der Waals surface area contributed by atoms with Crippen molar-refractivity contribution < 1.29 is 40.7 Å². The van der Waals surface area contributed by atoms with Gasteiger partial charge in [-0.05, 0) is 37.0 Å². The highest BCUT2D eigenvalue weighted by Crippen LogP contribution is 2.35. The summed E-state index contributed by atoms with van der Waals surface area (Å²) in [6.07, 6.45) is -7.47. The molecule has 1 fully saturated rings. The van der Waals surface area contributed by atoms with E-state index in [2.05, 4.69) is 5.10 Å². The van der Waals surface area contributed by atoms with Crippen LogP contribution in [0.5, 0.6) is 0 Å². The number of nitrogens with one attached hydrogen (secondary N) is 1.